The molecule has 80 valence electrons. The van der Waals surface area contributed by atoms with E-state index in [-0.39, 0.29) is 12.4 Å². The van der Waals surface area contributed by atoms with Gasteiger partial charge in [0.25, 0.3) is 0 Å². The van der Waals surface area contributed by atoms with Crippen LogP contribution in [-0.2, 0) is 4.79 Å². The molecule has 14 heavy (non-hydrogen) atoms. The molecule has 0 saturated heterocycles. The van der Waals surface area contributed by atoms with Crippen molar-refractivity contribution < 1.29 is 9.90 Å². The van der Waals surface area contributed by atoms with Crippen molar-refractivity contribution in [2.45, 2.75) is 34.3 Å². The molecule has 3 nitrogen and oxygen atoms in total. The number of carboxylic acid groups (broad SMARTS) is 1. The second-order valence-corrected chi connectivity index (χ2v) is 6.38. The molecule has 0 spiro atoms. The minimum absolute atomic E-state index is 0. The minimum atomic E-state index is -0.833. The predicted octanol–water partition coefficient (Wildman–Crippen LogP) is 2.86. The van der Waals surface area contributed by atoms with Crippen molar-refractivity contribution in [3.05, 3.63) is 0 Å². The normalized spacial score (nSPS) is 36.6. The van der Waals surface area contributed by atoms with Crippen LogP contribution in [0.25, 0.3) is 0 Å². The largest absolute Gasteiger partial charge is 0.480 e. The summed E-state index contributed by atoms with van der Waals surface area (Å²) in [6.45, 7) is 0. The average Bonchev–Trinajstić information content (AvgIpc) is 2.11. The summed E-state index contributed by atoms with van der Waals surface area (Å²) in [5.74, 6) is -0.833. The number of hydrogen-bond acceptors (Lipinski definition) is 2. The fourth-order valence-corrected chi connectivity index (χ4v) is 2.16. The summed E-state index contributed by atoms with van der Waals surface area (Å²) >= 11 is 6.53. The first-order valence-corrected chi connectivity index (χ1v) is 5.53. The van der Waals surface area contributed by atoms with Crippen molar-refractivity contribution in [3.8, 4) is 6.07 Å². The maximum absolute atomic E-state index is 10.8. The molecule has 1 rings (SSSR count). The van der Waals surface area contributed by atoms with Crippen molar-refractivity contribution in [1.29, 1.82) is 5.26 Å². The zero-order valence-corrected chi connectivity index (χ0v) is 11.3. The number of aliphatic carboxylic acids is 1. The van der Waals surface area contributed by atoms with E-state index in [0.29, 0.717) is 25.7 Å². The molecule has 0 aromatic heterocycles. The standard InChI is InChI=1S/C8H9Br2NO2.ClH/c9-7(5-11)1-3-8(10,4-2-7)6(12)13;/h1-4H2,(H,12,13);1H. The summed E-state index contributed by atoms with van der Waals surface area (Å²) in [4.78, 5) is 10.8. The summed E-state index contributed by atoms with van der Waals surface area (Å²) < 4.78 is -1.33. The highest BCUT2D eigenvalue weighted by atomic mass is 79.9. The predicted molar refractivity (Wildman–Crippen MR) is 62.3 cm³/mol. The molecule has 0 aromatic rings. The monoisotopic (exact) mass is 345 g/mol. The van der Waals surface area contributed by atoms with Gasteiger partial charge in [0.1, 0.15) is 8.65 Å². The van der Waals surface area contributed by atoms with Gasteiger partial charge in [0.15, 0.2) is 0 Å². The second kappa shape index (κ2) is 4.82. The number of hydrogen-bond donors (Lipinski definition) is 1. The summed E-state index contributed by atoms with van der Waals surface area (Å²) in [6.07, 6.45) is 2.12. The van der Waals surface area contributed by atoms with Gasteiger partial charge in [0.05, 0.1) is 6.07 Å². The van der Waals surface area contributed by atoms with Gasteiger partial charge in [-0.25, -0.2) is 0 Å². The first-order chi connectivity index (χ1) is 5.92. The van der Waals surface area contributed by atoms with Gasteiger partial charge in [-0.05, 0) is 25.7 Å². The lowest BCUT2D eigenvalue weighted by atomic mass is 9.82. The molecule has 6 heteroatoms. The van der Waals surface area contributed by atoms with Crippen LogP contribution < -0.4 is 0 Å². The van der Waals surface area contributed by atoms with Crippen LogP contribution in [0.5, 0.6) is 0 Å². The van der Waals surface area contributed by atoms with Gasteiger partial charge in [0.2, 0.25) is 0 Å². The molecular weight excluding hydrogens is 337 g/mol. The first-order valence-electron chi connectivity index (χ1n) is 3.94. The molecule has 0 aliphatic heterocycles. The Morgan fingerprint density at radius 3 is 2.00 bits per heavy atom. The first kappa shape index (κ1) is 14.2. The van der Waals surface area contributed by atoms with Crippen LogP contribution in [0.2, 0.25) is 0 Å². The van der Waals surface area contributed by atoms with Gasteiger partial charge in [-0.2, -0.15) is 5.26 Å². The van der Waals surface area contributed by atoms with Gasteiger partial charge < -0.3 is 5.11 Å². The van der Waals surface area contributed by atoms with E-state index in [1.165, 1.54) is 0 Å². The lowest BCUT2D eigenvalue weighted by Gasteiger charge is -2.34. The Bertz CT molecular complexity index is 269. The van der Waals surface area contributed by atoms with E-state index in [1.807, 2.05) is 0 Å². The number of carbonyl (C=O) groups is 1. The summed E-state index contributed by atoms with van der Waals surface area (Å²) in [7, 11) is 0. The molecule has 0 unspecified atom stereocenters. The van der Waals surface area contributed by atoms with E-state index in [2.05, 4.69) is 37.9 Å². The second-order valence-electron chi connectivity index (χ2n) is 3.35. The van der Waals surface area contributed by atoms with Crippen LogP contribution in [0.15, 0.2) is 0 Å². The van der Waals surface area contributed by atoms with Crippen molar-refractivity contribution in [2.24, 2.45) is 0 Å². The maximum atomic E-state index is 10.8. The number of rotatable bonds is 1. The van der Waals surface area contributed by atoms with E-state index in [9.17, 15) is 4.79 Å². The fourth-order valence-electron chi connectivity index (χ4n) is 1.37. The molecule has 0 aromatic carbocycles. The molecule has 0 amide bonds. The van der Waals surface area contributed by atoms with Crippen molar-refractivity contribution in [1.82, 2.24) is 0 Å². The smallest absolute Gasteiger partial charge is 0.320 e. The Labute approximate surface area is 106 Å². The molecule has 1 N–H and O–H groups in total. The number of halogens is 3. The van der Waals surface area contributed by atoms with Gasteiger partial charge in [-0.15, -0.1) is 12.4 Å². The van der Waals surface area contributed by atoms with Crippen LogP contribution in [-0.4, -0.2) is 19.7 Å². The van der Waals surface area contributed by atoms with Crippen LogP contribution in [0.4, 0.5) is 0 Å². The van der Waals surface area contributed by atoms with Crippen LogP contribution in [0.3, 0.4) is 0 Å². The Balaban J connectivity index is 0.00000169. The Kier molecular flexibility index (Phi) is 4.89. The Morgan fingerprint density at radius 1 is 1.29 bits per heavy atom. The molecular formula is C8H10Br2ClNO2. The lowest BCUT2D eigenvalue weighted by molar-refractivity contribution is -0.140. The van der Waals surface area contributed by atoms with Crippen LogP contribution in [0, 0.1) is 11.3 Å². The van der Waals surface area contributed by atoms with Crippen molar-refractivity contribution in [2.75, 3.05) is 0 Å². The number of nitrogens with zero attached hydrogens (tertiary/aromatic N) is 1. The SMILES string of the molecule is Cl.N#CC1(Br)CCC(Br)(C(=O)O)CC1. The minimum Gasteiger partial charge on any atom is -0.480 e. The highest BCUT2D eigenvalue weighted by molar-refractivity contribution is 9.10. The molecule has 1 fully saturated rings. The fraction of sp³-hybridized carbons (Fsp3) is 0.750. The third-order valence-electron chi connectivity index (χ3n) is 2.42. The molecule has 0 atom stereocenters. The lowest BCUT2D eigenvalue weighted by Crippen LogP contribution is -2.40. The number of alkyl halides is 2. The Hall–Kier alpha value is 0.210. The zero-order valence-electron chi connectivity index (χ0n) is 7.30. The third kappa shape index (κ3) is 2.85. The summed E-state index contributed by atoms with van der Waals surface area (Å²) in [6, 6.07) is 2.16. The van der Waals surface area contributed by atoms with Gasteiger partial charge in [0, 0.05) is 0 Å². The molecule has 1 aliphatic carbocycles. The van der Waals surface area contributed by atoms with E-state index < -0.39 is 14.6 Å². The van der Waals surface area contributed by atoms with Crippen LogP contribution in [0.1, 0.15) is 25.7 Å². The average molecular weight is 347 g/mol. The molecule has 0 bridgehead atoms. The van der Waals surface area contributed by atoms with E-state index in [1.54, 1.807) is 0 Å². The number of nitriles is 1. The third-order valence-corrected chi connectivity index (χ3v) is 4.52. The molecule has 0 radical (unpaired) electrons. The van der Waals surface area contributed by atoms with E-state index in [4.69, 9.17) is 10.4 Å². The molecule has 0 heterocycles. The van der Waals surface area contributed by atoms with E-state index in [0.717, 1.165) is 0 Å². The summed E-state index contributed by atoms with van der Waals surface area (Å²) in [5, 5.41) is 17.7. The highest BCUT2D eigenvalue weighted by Gasteiger charge is 2.44. The van der Waals surface area contributed by atoms with Crippen molar-refractivity contribution >= 4 is 50.2 Å². The summed E-state index contributed by atoms with van der Waals surface area (Å²) in [5.41, 5.74) is 0. The van der Waals surface area contributed by atoms with Gasteiger partial charge in [-0.1, -0.05) is 31.9 Å². The number of carboxylic acids is 1. The topological polar surface area (TPSA) is 61.1 Å². The highest BCUT2D eigenvalue weighted by Crippen LogP contribution is 2.44. The zero-order chi connectivity index (χ0) is 10.1. The molecule has 1 saturated carbocycles. The molecule has 1 aliphatic rings. The van der Waals surface area contributed by atoms with Crippen molar-refractivity contribution in [3.63, 3.8) is 0 Å². The van der Waals surface area contributed by atoms with E-state index >= 15 is 0 Å². The Morgan fingerprint density at radius 2 is 1.71 bits per heavy atom. The van der Waals surface area contributed by atoms with Gasteiger partial charge >= 0.3 is 5.97 Å². The maximum Gasteiger partial charge on any atom is 0.320 e. The quantitative estimate of drug-likeness (QED) is 0.742. The van der Waals surface area contributed by atoms with Gasteiger partial charge in [-0.3, -0.25) is 4.79 Å². The van der Waals surface area contributed by atoms with Crippen LogP contribution >= 0.6 is 44.3 Å².